The van der Waals surface area contributed by atoms with E-state index in [2.05, 4.69) is 10.6 Å². The SMILES string of the molecule is CS(=O)(=O)CC(=O)N[C@@H](CCCSCC(=O)C(F)(F)F)C(=O)NCC[NH+]1CCCCC1.O=C([O-])C(F)(F)F. The quantitative estimate of drug-likeness (QED) is 0.173. The Balaban J connectivity index is 0.00000171. The number of halogens is 6. The molecule has 10 nitrogen and oxygen atoms in total. The summed E-state index contributed by atoms with van der Waals surface area (Å²) < 4.78 is 90.8. The Hall–Kier alpha value is -2.08. The van der Waals surface area contributed by atoms with E-state index in [9.17, 15) is 49.1 Å². The van der Waals surface area contributed by atoms with E-state index in [4.69, 9.17) is 9.90 Å². The molecule has 18 heteroatoms. The molecule has 38 heavy (non-hydrogen) atoms. The van der Waals surface area contributed by atoms with Crippen molar-refractivity contribution < 1.29 is 63.9 Å². The van der Waals surface area contributed by atoms with Crippen LogP contribution in [0, 0.1) is 0 Å². The first-order valence-electron chi connectivity index (χ1n) is 11.4. The Morgan fingerprint density at radius 1 is 1.00 bits per heavy atom. The van der Waals surface area contributed by atoms with Gasteiger partial charge in [-0.05, 0) is 37.9 Å². The van der Waals surface area contributed by atoms with Crippen LogP contribution in [0.4, 0.5) is 26.3 Å². The van der Waals surface area contributed by atoms with Gasteiger partial charge in [0.2, 0.25) is 17.6 Å². The van der Waals surface area contributed by atoms with Gasteiger partial charge >= 0.3 is 12.4 Å². The molecule has 0 spiro atoms. The highest BCUT2D eigenvalue weighted by molar-refractivity contribution is 7.99. The third-order valence-corrected chi connectivity index (χ3v) is 6.78. The van der Waals surface area contributed by atoms with Gasteiger partial charge in [0.05, 0.1) is 31.9 Å². The smallest absolute Gasteiger partial charge is 0.450 e. The molecular weight excluding hydrogens is 572 g/mol. The van der Waals surface area contributed by atoms with Crippen molar-refractivity contribution >= 4 is 45.2 Å². The van der Waals surface area contributed by atoms with Crippen LogP contribution in [-0.4, -0.2) is 100 Å². The standard InChI is InChI=1S/C18H30F3N3O5S2.C2HF3O2/c1-31(28,29)13-16(26)23-14(6-5-11-30-12-15(25)18(19,20)21)17(27)22-7-10-24-8-3-2-4-9-24;3-2(4,5)1(6)7/h14H,2-13H2,1H3,(H,22,27)(H,23,26);(H,6,7)/t14-;/m0./s1. The number of sulfone groups is 1. The lowest BCUT2D eigenvalue weighted by Crippen LogP contribution is -3.13. The van der Waals surface area contributed by atoms with Crippen LogP contribution < -0.4 is 20.6 Å². The summed E-state index contributed by atoms with van der Waals surface area (Å²) >= 11 is 0.794. The number of carboxylic acid groups (broad SMARTS) is 1. The van der Waals surface area contributed by atoms with E-state index < -0.39 is 63.3 Å². The molecule has 0 aromatic heterocycles. The van der Waals surface area contributed by atoms with Crippen molar-refractivity contribution in [3.63, 3.8) is 0 Å². The normalized spacial score (nSPS) is 15.6. The number of rotatable bonds is 13. The minimum Gasteiger partial charge on any atom is -0.542 e. The molecule has 3 N–H and O–H groups in total. The first kappa shape index (κ1) is 35.9. The van der Waals surface area contributed by atoms with Crippen LogP contribution in [0.1, 0.15) is 32.1 Å². The Morgan fingerprint density at radius 2 is 1.55 bits per heavy atom. The number of amides is 2. The second-order valence-corrected chi connectivity index (χ2v) is 11.7. The number of carbonyl (C=O) groups is 4. The maximum atomic E-state index is 12.5. The highest BCUT2D eigenvalue weighted by Gasteiger charge is 2.37. The topological polar surface area (TPSA) is 154 Å². The van der Waals surface area contributed by atoms with Gasteiger partial charge < -0.3 is 25.4 Å². The second kappa shape index (κ2) is 16.8. The number of nitrogens with one attached hydrogen (secondary N) is 3. The monoisotopic (exact) mass is 603 g/mol. The number of carbonyl (C=O) groups excluding carboxylic acids is 4. The van der Waals surface area contributed by atoms with Gasteiger partial charge in [-0.1, -0.05) is 0 Å². The molecule has 1 fully saturated rings. The lowest BCUT2D eigenvalue weighted by atomic mass is 10.1. The number of hydrogen-bond donors (Lipinski definition) is 3. The zero-order valence-electron chi connectivity index (χ0n) is 20.5. The van der Waals surface area contributed by atoms with Crippen LogP contribution in [0.15, 0.2) is 0 Å². The van der Waals surface area contributed by atoms with Crippen molar-refractivity contribution in [1.82, 2.24) is 10.6 Å². The largest absolute Gasteiger partial charge is 0.542 e. The van der Waals surface area contributed by atoms with Crippen molar-refractivity contribution in [3.8, 4) is 0 Å². The van der Waals surface area contributed by atoms with Gasteiger partial charge in [0, 0.05) is 6.26 Å². The molecule has 1 aliphatic heterocycles. The molecule has 0 unspecified atom stereocenters. The van der Waals surface area contributed by atoms with E-state index >= 15 is 0 Å². The summed E-state index contributed by atoms with van der Waals surface area (Å²) in [5.74, 6) is -7.39. The third kappa shape index (κ3) is 18.2. The van der Waals surface area contributed by atoms with E-state index in [1.165, 1.54) is 11.3 Å². The van der Waals surface area contributed by atoms with E-state index in [-0.39, 0.29) is 18.6 Å². The number of quaternary nitrogens is 1. The van der Waals surface area contributed by atoms with Crippen LogP contribution in [-0.2, 0) is 29.0 Å². The Bertz CT molecular complexity index is 893. The van der Waals surface area contributed by atoms with Crippen LogP contribution in [0.25, 0.3) is 0 Å². The van der Waals surface area contributed by atoms with Gasteiger partial charge in [-0.2, -0.15) is 38.1 Å². The summed E-state index contributed by atoms with van der Waals surface area (Å²) in [6.07, 6.45) is -5.29. The zero-order chi connectivity index (χ0) is 29.6. The van der Waals surface area contributed by atoms with Gasteiger partial charge in [0.1, 0.15) is 17.8 Å². The molecule has 1 atom stereocenters. The second-order valence-electron chi connectivity index (χ2n) is 8.44. The molecular formula is C20H31F6N3O7S2. The number of ketones is 1. The van der Waals surface area contributed by atoms with E-state index in [1.807, 2.05) is 0 Å². The first-order valence-corrected chi connectivity index (χ1v) is 14.6. The van der Waals surface area contributed by atoms with Crippen LogP contribution in [0.3, 0.4) is 0 Å². The molecule has 2 amide bonds. The van der Waals surface area contributed by atoms with Crippen LogP contribution in [0.5, 0.6) is 0 Å². The fraction of sp³-hybridized carbons (Fsp3) is 0.800. The zero-order valence-corrected chi connectivity index (χ0v) is 22.1. The summed E-state index contributed by atoms with van der Waals surface area (Å²) in [7, 11) is -3.57. The molecule has 1 rings (SSSR count). The molecule has 222 valence electrons. The molecule has 0 aromatic carbocycles. The molecule has 1 saturated heterocycles. The number of aliphatic carboxylic acids is 1. The summed E-state index contributed by atoms with van der Waals surface area (Å²) in [6, 6.07) is -0.996. The van der Waals surface area contributed by atoms with Crippen molar-refractivity contribution in [1.29, 1.82) is 0 Å². The number of carboxylic acids is 1. The lowest BCUT2D eigenvalue weighted by Gasteiger charge is -2.24. The summed E-state index contributed by atoms with van der Waals surface area (Å²) in [6.45, 7) is 3.23. The van der Waals surface area contributed by atoms with Crippen LogP contribution in [0.2, 0.25) is 0 Å². The Labute approximate surface area is 220 Å². The van der Waals surface area contributed by atoms with Crippen LogP contribution >= 0.6 is 11.8 Å². The van der Waals surface area contributed by atoms with Gasteiger partial charge in [-0.15, -0.1) is 0 Å². The molecule has 1 aliphatic rings. The lowest BCUT2D eigenvalue weighted by molar-refractivity contribution is -0.903. The Morgan fingerprint density at radius 3 is 2.03 bits per heavy atom. The predicted molar refractivity (Wildman–Crippen MR) is 123 cm³/mol. The molecule has 0 aliphatic carbocycles. The van der Waals surface area contributed by atoms with E-state index in [1.54, 1.807) is 0 Å². The number of Topliss-reactive ketones (excluding diaryl/α,β-unsaturated/α-hetero) is 1. The third-order valence-electron chi connectivity index (χ3n) is 4.95. The van der Waals surface area contributed by atoms with Gasteiger partial charge in [-0.25, -0.2) is 8.42 Å². The van der Waals surface area contributed by atoms with Gasteiger partial charge in [-0.3, -0.25) is 14.4 Å². The first-order chi connectivity index (χ1) is 17.3. The molecule has 0 bridgehead atoms. The molecule has 0 radical (unpaired) electrons. The highest BCUT2D eigenvalue weighted by Crippen LogP contribution is 2.19. The van der Waals surface area contributed by atoms with Crippen molar-refractivity contribution in [2.75, 3.05) is 49.7 Å². The maximum absolute atomic E-state index is 12.5. The maximum Gasteiger partial charge on any atom is 0.450 e. The number of piperidine rings is 1. The summed E-state index contributed by atoms with van der Waals surface area (Å²) in [5, 5.41) is 13.9. The van der Waals surface area contributed by atoms with Gasteiger partial charge in [0.25, 0.3) is 0 Å². The average Bonchev–Trinajstić information content (AvgIpc) is 2.76. The van der Waals surface area contributed by atoms with Crippen molar-refractivity contribution in [2.45, 2.75) is 50.5 Å². The molecule has 0 aromatic rings. The average molecular weight is 604 g/mol. The van der Waals surface area contributed by atoms with E-state index in [0.717, 1.165) is 50.5 Å². The Kier molecular flexibility index (Phi) is 15.9. The predicted octanol–water partition coefficient (Wildman–Crippen LogP) is -1.36. The minimum absolute atomic E-state index is 0.116. The molecule has 1 heterocycles. The number of thioether (sulfide) groups is 1. The van der Waals surface area contributed by atoms with Gasteiger partial charge in [0.15, 0.2) is 9.84 Å². The highest BCUT2D eigenvalue weighted by atomic mass is 32.2. The summed E-state index contributed by atoms with van der Waals surface area (Å²) in [4.78, 5) is 45.5. The number of hydrogen-bond acceptors (Lipinski definition) is 8. The van der Waals surface area contributed by atoms with E-state index in [0.29, 0.717) is 6.54 Å². The molecule has 0 saturated carbocycles. The minimum atomic E-state index is -5.19. The summed E-state index contributed by atoms with van der Waals surface area (Å²) in [5.41, 5.74) is 0. The fourth-order valence-corrected chi connectivity index (χ4v) is 4.59. The fourth-order valence-electron chi connectivity index (χ4n) is 3.17. The van der Waals surface area contributed by atoms with Crippen molar-refractivity contribution in [3.05, 3.63) is 0 Å². The number of likely N-dealkylation sites (tertiary alicyclic amines) is 1. The van der Waals surface area contributed by atoms with Crippen molar-refractivity contribution in [2.24, 2.45) is 0 Å². The number of alkyl halides is 6.